The van der Waals surface area contributed by atoms with Crippen molar-refractivity contribution in [2.45, 2.75) is 39.2 Å². The summed E-state index contributed by atoms with van der Waals surface area (Å²) in [5, 5.41) is 0.739. The molecule has 2 aromatic carbocycles. The van der Waals surface area contributed by atoms with Gasteiger partial charge in [0.25, 0.3) is 0 Å². The Hall–Kier alpha value is -1.31. The first-order chi connectivity index (χ1) is 9.52. The third kappa shape index (κ3) is 3.23. The number of benzene rings is 2. The first-order valence-corrected chi connectivity index (χ1v) is 7.56. The molecule has 0 saturated carbocycles. The lowest BCUT2D eigenvalue weighted by Gasteiger charge is -2.12. The fourth-order valence-electron chi connectivity index (χ4n) is 2.32. The fourth-order valence-corrected chi connectivity index (χ4v) is 2.67. The molecule has 1 nitrogen and oxygen atoms in total. The quantitative estimate of drug-likeness (QED) is 0.785. The van der Waals surface area contributed by atoms with Crippen LogP contribution in [0.1, 0.15) is 50.3 Å². The molecule has 0 spiro atoms. The van der Waals surface area contributed by atoms with Crippen LogP contribution >= 0.6 is 11.6 Å². The Balaban J connectivity index is 2.30. The summed E-state index contributed by atoms with van der Waals surface area (Å²) in [6.07, 6.45) is 1.16. The lowest BCUT2D eigenvalue weighted by Crippen LogP contribution is -2.05. The average molecular weight is 288 g/mol. The van der Waals surface area contributed by atoms with E-state index in [0.717, 1.165) is 22.6 Å². The van der Waals surface area contributed by atoms with Crippen LogP contribution in [-0.4, -0.2) is 0 Å². The normalized spacial score (nSPS) is 14.1. The van der Waals surface area contributed by atoms with Gasteiger partial charge >= 0.3 is 0 Å². The van der Waals surface area contributed by atoms with Crippen molar-refractivity contribution in [1.82, 2.24) is 0 Å². The van der Waals surface area contributed by atoms with E-state index in [2.05, 4.69) is 44.2 Å². The summed E-state index contributed by atoms with van der Waals surface area (Å²) in [4.78, 5) is 0. The highest BCUT2D eigenvalue weighted by Crippen LogP contribution is 2.29. The molecule has 2 N–H and O–H groups in total. The Bertz CT molecular complexity index is 572. The van der Waals surface area contributed by atoms with Crippen LogP contribution in [0.2, 0.25) is 5.02 Å². The zero-order chi connectivity index (χ0) is 14.7. The molecule has 0 fully saturated rings. The van der Waals surface area contributed by atoms with E-state index in [-0.39, 0.29) is 6.04 Å². The Morgan fingerprint density at radius 3 is 2.10 bits per heavy atom. The molecule has 2 unspecified atom stereocenters. The van der Waals surface area contributed by atoms with Crippen LogP contribution in [0.25, 0.3) is 11.1 Å². The van der Waals surface area contributed by atoms with Crippen LogP contribution in [0.5, 0.6) is 0 Å². The molecule has 0 heterocycles. The molecule has 0 radical (unpaired) electrons. The Labute approximate surface area is 126 Å². The van der Waals surface area contributed by atoms with Crippen molar-refractivity contribution in [3.8, 4) is 11.1 Å². The summed E-state index contributed by atoms with van der Waals surface area (Å²) < 4.78 is 0. The van der Waals surface area contributed by atoms with E-state index < -0.39 is 0 Å². The minimum Gasteiger partial charge on any atom is -0.324 e. The van der Waals surface area contributed by atoms with Crippen LogP contribution < -0.4 is 5.73 Å². The summed E-state index contributed by atoms with van der Waals surface area (Å²) >= 11 is 6.30. The zero-order valence-corrected chi connectivity index (χ0v) is 13.1. The molecule has 106 valence electrons. The second-order valence-electron chi connectivity index (χ2n) is 5.46. The maximum Gasteiger partial charge on any atom is 0.0459 e. The molecular formula is C18H22ClN. The molecule has 0 amide bonds. The van der Waals surface area contributed by atoms with Gasteiger partial charge in [-0.2, -0.15) is 0 Å². The van der Waals surface area contributed by atoms with Gasteiger partial charge in [-0.25, -0.2) is 0 Å². The fraction of sp³-hybridized carbons (Fsp3) is 0.333. The van der Waals surface area contributed by atoms with Gasteiger partial charge in [0.2, 0.25) is 0 Å². The molecule has 0 aromatic heterocycles. The minimum absolute atomic E-state index is 0.0377. The number of hydrogen-bond donors (Lipinski definition) is 1. The topological polar surface area (TPSA) is 26.0 Å². The van der Waals surface area contributed by atoms with E-state index in [0.29, 0.717) is 5.92 Å². The predicted molar refractivity (Wildman–Crippen MR) is 88.2 cm³/mol. The molecule has 0 aliphatic heterocycles. The number of rotatable bonds is 4. The third-order valence-electron chi connectivity index (χ3n) is 3.92. The highest BCUT2D eigenvalue weighted by Gasteiger charge is 2.08. The van der Waals surface area contributed by atoms with E-state index in [4.69, 9.17) is 17.3 Å². The van der Waals surface area contributed by atoms with E-state index in [1.807, 2.05) is 19.1 Å². The van der Waals surface area contributed by atoms with Crippen LogP contribution in [0.15, 0.2) is 42.5 Å². The summed E-state index contributed by atoms with van der Waals surface area (Å²) in [7, 11) is 0. The molecule has 2 rings (SSSR count). The molecule has 0 bridgehead atoms. The number of nitrogens with two attached hydrogens (primary N) is 1. The van der Waals surface area contributed by atoms with Crippen molar-refractivity contribution in [2.24, 2.45) is 5.73 Å². The van der Waals surface area contributed by atoms with Crippen LogP contribution in [0.4, 0.5) is 0 Å². The van der Waals surface area contributed by atoms with Gasteiger partial charge in [-0.05, 0) is 47.6 Å². The second kappa shape index (κ2) is 6.43. The maximum absolute atomic E-state index is 6.30. The van der Waals surface area contributed by atoms with Gasteiger partial charge < -0.3 is 5.73 Å². The van der Waals surface area contributed by atoms with Gasteiger partial charge in [0.05, 0.1) is 0 Å². The van der Waals surface area contributed by atoms with Crippen LogP contribution in [0.3, 0.4) is 0 Å². The second-order valence-corrected chi connectivity index (χ2v) is 5.86. The molecular weight excluding hydrogens is 266 g/mol. The largest absolute Gasteiger partial charge is 0.324 e. The number of hydrogen-bond acceptors (Lipinski definition) is 1. The SMILES string of the molecule is CCC(C)c1ccc(-c2ccc(C(C)N)c(Cl)c2)cc1. The van der Waals surface area contributed by atoms with Gasteiger partial charge in [-0.3, -0.25) is 0 Å². The molecule has 2 aromatic rings. The Kier molecular flexibility index (Phi) is 4.85. The van der Waals surface area contributed by atoms with E-state index >= 15 is 0 Å². The lowest BCUT2D eigenvalue weighted by molar-refractivity contribution is 0.734. The Morgan fingerprint density at radius 2 is 1.60 bits per heavy atom. The van der Waals surface area contributed by atoms with E-state index in [1.165, 1.54) is 11.1 Å². The van der Waals surface area contributed by atoms with Gasteiger partial charge in [-0.1, -0.05) is 61.8 Å². The molecule has 0 aliphatic carbocycles. The van der Waals surface area contributed by atoms with Crippen molar-refractivity contribution < 1.29 is 0 Å². The maximum atomic E-state index is 6.30. The number of halogens is 1. The summed E-state index contributed by atoms with van der Waals surface area (Å²) in [6, 6.07) is 14.8. The van der Waals surface area contributed by atoms with Gasteiger partial charge in [0.1, 0.15) is 0 Å². The highest BCUT2D eigenvalue weighted by molar-refractivity contribution is 6.31. The molecule has 2 atom stereocenters. The summed E-state index contributed by atoms with van der Waals surface area (Å²) in [5.41, 5.74) is 10.6. The molecule has 0 saturated heterocycles. The Morgan fingerprint density at radius 1 is 1.00 bits per heavy atom. The summed E-state index contributed by atoms with van der Waals surface area (Å²) in [6.45, 7) is 6.41. The standard InChI is InChI=1S/C18H22ClN/c1-4-12(2)14-5-7-15(8-6-14)16-9-10-17(13(3)20)18(19)11-16/h5-13H,4,20H2,1-3H3. The minimum atomic E-state index is -0.0377. The van der Waals surface area contributed by atoms with Crippen LogP contribution in [0, 0.1) is 0 Å². The summed E-state index contributed by atoms with van der Waals surface area (Å²) in [5.74, 6) is 0.605. The highest BCUT2D eigenvalue weighted by atomic mass is 35.5. The van der Waals surface area contributed by atoms with Crippen molar-refractivity contribution in [3.63, 3.8) is 0 Å². The zero-order valence-electron chi connectivity index (χ0n) is 12.4. The van der Waals surface area contributed by atoms with Crippen molar-refractivity contribution in [2.75, 3.05) is 0 Å². The van der Waals surface area contributed by atoms with Gasteiger partial charge in [-0.15, -0.1) is 0 Å². The third-order valence-corrected chi connectivity index (χ3v) is 4.24. The molecule has 20 heavy (non-hydrogen) atoms. The van der Waals surface area contributed by atoms with Gasteiger partial charge in [0.15, 0.2) is 0 Å². The van der Waals surface area contributed by atoms with Gasteiger partial charge in [0, 0.05) is 11.1 Å². The van der Waals surface area contributed by atoms with Crippen molar-refractivity contribution in [1.29, 1.82) is 0 Å². The van der Waals surface area contributed by atoms with Crippen molar-refractivity contribution in [3.05, 3.63) is 58.6 Å². The first kappa shape index (κ1) is 15.1. The van der Waals surface area contributed by atoms with Crippen molar-refractivity contribution >= 4 is 11.6 Å². The van der Waals surface area contributed by atoms with E-state index in [9.17, 15) is 0 Å². The monoisotopic (exact) mass is 287 g/mol. The van der Waals surface area contributed by atoms with E-state index in [1.54, 1.807) is 0 Å². The average Bonchev–Trinajstić information content (AvgIpc) is 2.46. The van der Waals surface area contributed by atoms with Crippen LogP contribution in [-0.2, 0) is 0 Å². The molecule has 0 aliphatic rings. The lowest BCUT2D eigenvalue weighted by atomic mass is 9.95. The first-order valence-electron chi connectivity index (χ1n) is 7.18. The smallest absolute Gasteiger partial charge is 0.0459 e. The predicted octanol–water partition coefficient (Wildman–Crippen LogP) is 5.54. The molecule has 2 heteroatoms.